The fourth-order valence-corrected chi connectivity index (χ4v) is 4.80. The summed E-state index contributed by atoms with van der Waals surface area (Å²) in [7, 11) is 0. The molecule has 0 spiro atoms. The average Bonchev–Trinajstić information content (AvgIpc) is 2.79. The molecule has 34 heavy (non-hydrogen) atoms. The van der Waals surface area contributed by atoms with Gasteiger partial charge in [-0.05, 0) is 58.1 Å². The first-order chi connectivity index (χ1) is 16.2. The highest BCUT2D eigenvalue weighted by atomic mass is 16.6. The molecule has 1 atom stereocenters. The van der Waals surface area contributed by atoms with Gasteiger partial charge < -0.3 is 19.3 Å². The van der Waals surface area contributed by atoms with E-state index in [1.165, 1.54) is 0 Å². The second-order valence-electron chi connectivity index (χ2n) is 9.86. The lowest BCUT2D eigenvalue weighted by molar-refractivity contribution is -0.156. The van der Waals surface area contributed by atoms with Crippen molar-refractivity contribution >= 4 is 29.2 Å². The third kappa shape index (κ3) is 6.21. The minimum Gasteiger partial charge on any atom is -0.487 e. The van der Waals surface area contributed by atoms with Crippen LogP contribution in [-0.4, -0.2) is 55.7 Å². The maximum Gasteiger partial charge on any atom is 0.306 e. The van der Waals surface area contributed by atoms with E-state index in [1.807, 2.05) is 46.8 Å². The second-order valence-corrected chi connectivity index (χ2v) is 9.86. The first kappa shape index (κ1) is 25.8. The first-order valence-electron chi connectivity index (χ1n) is 12.5. The molecule has 1 aromatic rings. The number of anilines is 2. The van der Waals surface area contributed by atoms with Gasteiger partial charge >= 0.3 is 5.97 Å². The summed E-state index contributed by atoms with van der Waals surface area (Å²) in [5.41, 5.74) is 1.47. The maximum atomic E-state index is 12.4. The van der Waals surface area contributed by atoms with Crippen LogP contribution in [0.1, 0.15) is 66.7 Å². The molecule has 0 aromatic heterocycles. The van der Waals surface area contributed by atoms with E-state index in [2.05, 4.69) is 21.2 Å². The summed E-state index contributed by atoms with van der Waals surface area (Å²) in [6.45, 7) is 12.5. The van der Waals surface area contributed by atoms with E-state index in [0.717, 1.165) is 43.1 Å². The molecule has 2 amide bonds. The van der Waals surface area contributed by atoms with Crippen LogP contribution in [0.2, 0.25) is 0 Å². The van der Waals surface area contributed by atoms with E-state index >= 15 is 0 Å². The van der Waals surface area contributed by atoms with Gasteiger partial charge in [-0.15, -0.1) is 0 Å². The van der Waals surface area contributed by atoms with Crippen LogP contribution in [0, 0.1) is 5.92 Å². The largest absolute Gasteiger partial charge is 0.487 e. The molecule has 8 nitrogen and oxygen atoms in total. The Balaban J connectivity index is 0.00000158. The fraction of sp³-hybridized carbons (Fsp3) is 0.654. The van der Waals surface area contributed by atoms with E-state index in [4.69, 9.17) is 9.47 Å². The molecule has 1 aromatic carbocycles. The van der Waals surface area contributed by atoms with Crippen LogP contribution in [0.4, 0.5) is 11.4 Å². The summed E-state index contributed by atoms with van der Waals surface area (Å²) >= 11 is 0. The fourth-order valence-electron chi connectivity index (χ4n) is 4.80. The van der Waals surface area contributed by atoms with Gasteiger partial charge in [-0.2, -0.15) is 0 Å². The molecule has 0 aliphatic carbocycles. The summed E-state index contributed by atoms with van der Waals surface area (Å²) < 4.78 is 11.6. The van der Waals surface area contributed by atoms with Crippen molar-refractivity contribution in [1.82, 2.24) is 5.32 Å². The molecule has 8 heteroatoms. The number of hydrogen-bond donors (Lipinski definition) is 1. The molecule has 3 aliphatic heterocycles. The van der Waals surface area contributed by atoms with Crippen molar-refractivity contribution in [3.05, 3.63) is 18.2 Å². The Kier molecular flexibility index (Phi) is 8.44. The topological polar surface area (TPSA) is 88.2 Å². The van der Waals surface area contributed by atoms with Crippen molar-refractivity contribution in [2.45, 2.75) is 78.4 Å². The Morgan fingerprint density at radius 3 is 2.41 bits per heavy atom. The highest BCUT2D eigenvalue weighted by Gasteiger charge is 2.36. The predicted molar refractivity (Wildman–Crippen MR) is 132 cm³/mol. The number of amides is 2. The molecule has 2 saturated heterocycles. The number of carbonyl (C=O) groups excluding carboxylic acids is 3. The lowest BCUT2D eigenvalue weighted by Crippen LogP contribution is -2.54. The van der Waals surface area contributed by atoms with Gasteiger partial charge in [0.15, 0.2) is 5.75 Å². The zero-order valence-corrected chi connectivity index (χ0v) is 21.2. The van der Waals surface area contributed by atoms with E-state index in [9.17, 15) is 14.4 Å². The van der Waals surface area contributed by atoms with Gasteiger partial charge in [0.25, 0.3) is 0 Å². The number of imide groups is 1. The van der Waals surface area contributed by atoms with E-state index in [-0.39, 0.29) is 23.8 Å². The third-order valence-electron chi connectivity index (χ3n) is 6.28. The maximum absolute atomic E-state index is 12.4. The van der Waals surface area contributed by atoms with Crippen molar-refractivity contribution < 1.29 is 23.9 Å². The predicted octanol–water partition coefficient (Wildman–Crippen LogP) is 3.67. The van der Waals surface area contributed by atoms with Crippen LogP contribution in [0.15, 0.2) is 18.2 Å². The molecule has 188 valence electrons. The summed E-state index contributed by atoms with van der Waals surface area (Å²) in [5, 5.41) is 2.46. The van der Waals surface area contributed by atoms with Crippen LogP contribution in [0.5, 0.6) is 5.75 Å². The van der Waals surface area contributed by atoms with Gasteiger partial charge in [-0.1, -0.05) is 19.9 Å². The van der Waals surface area contributed by atoms with Crippen LogP contribution in [0.25, 0.3) is 0 Å². The van der Waals surface area contributed by atoms with Crippen molar-refractivity contribution in [1.29, 1.82) is 0 Å². The Morgan fingerprint density at radius 2 is 1.76 bits per heavy atom. The monoisotopic (exact) mass is 473 g/mol. The van der Waals surface area contributed by atoms with Crippen molar-refractivity contribution in [3.8, 4) is 5.75 Å². The Hall–Kier alpha value is -2.77. The third-order valence-corrected chi connectivity index (χ3v) is 6.28. The molecule has 3 heterocycles. The number of benzene rings is 1. The number of hydrogen-bond acceptors (Lipinski definition) is 7. The van der Waals surface area contributed by atoms with Gasteiger partial charge in [0, 0.05) is 25.9 Å². The number of para-hydroxylation sites is 1. The molecule has 1 unspecified atom stereocenters. The quantitative estimate of drug-likeness (QED) is 0.527. The molecule has 2 fully saturated rings. The summed E-state index contributed by atoms with van der Waals surface area (Å²) in [5.74, 6) is 0.553. The number of ether oxygens (including phenoxy) is 2. The summed E-state index contributed by atoms with van der Waals surface area (Å²) in [6, 6.07) is 5.68. The van der Waals surface area contributed by atoms with Gasteiger partial charge in [-0.3, -0.25) is 19.7 Å². The average molecular weight is 474 g/mol. The van der Waals surface area contributed by atoms with Gasteiger partial charge in [0.1, 0.15) is 18.2 Å². The van der Waals surface area contributed by atoms with Crippen molar-refractivity contribution in [3.63, 3.8) is 0 Å². The van der Waals surface area contributed by atoms with E-state index in [1.54, 1.807) is 0 Å². The molecule has 4 rings (SSSR count). The van der Waals surface area contributed by atoms with E-state index in [0.29, 0.717) is 38.3 Å². The van der Waals surface area contributed by atoms with Crippen molar-refractivity contribution in [2.24, 2.45) is 5.92 Å². The number of rotatable bonds is 4. The minimum absolute atomic E-state index is 0.128. The highest BCUT2D eigenvalue weighted by molar-refractivity contribution is 6.02. The lowest BCUT2D eigenvalue weighted by atomic mass is 9.93. The van der Waals surface area contributed by atoms with E-state index < -0.39 is 5.60 Å². The van der Waals surface area contributed by atoms with Crippen molar-refractivity contribution in [2.75, 3.05) is 36.0 Å². The zero-order chi connectivity index (χ0) is 24.9. The van der Waals surface area contributed by atoms with Gasteiger partial charge in [-0.25, -0.2) is 0 Å². The second kappa shape index (κ2) is 11.1. The molecule has 0 radical (unpaired) electrons. The lowest BCUT2D eigenvalue weighted by Gasteiger charge is -2.40. The Bertz CT molecular complexity index is 887. The Morgan fingerprint density at radius 1 is 1.09 bits per heavy atom. The molecule has 1 N–H and O–H groups in total. The normalized spacial score (nSPS) is 21.0. The smallest absolute Gasteiger partial charge is 0.306 e. The molecular formula is C26H39N3O5. The Labute approximate surface area is 202 Å². The molecule has 0 saturated carbocycles. The number of fused-ring (bicyclic) bond motifs is 1. The first-order valence-corrected chi connectivity index (χ1v) is 12.5. The number of nitrogens with one attached hydrogen (secondary N) is 1. The zero-order valence-electron chi connectivity index (χ0n) is 21.2. The van der Waals surface area contributed by atoms with Crippen LogP contribution < -0.4 is 19.9 Å². The van der Waals surface area contributed by atoms with Gasteiger partial charge in [0.2, 0.25) is 11.8 Å². The minimum atomic E-state index is -0.452. The summed E-state index contributed by atoms with van der Waals surface area (Å²) in [4.78, 5) is 40.6. The van der Waals surface area contributed by atoms with Crippen LogP contribution >= 0.6 is 0 Å². The number of carbonyl (C=O) groups is 3. The molecular weight excluding hydrogens is 434 g/mol. The highest BCUT2D eigenvalue weighted by Crippen LogP contribution is 2.43. The van der Waals surface area contributed by atoms with Gasteiger partial charge in [0.05, 0.1) is 17.9 Å². The molecule has 0 bridgehead atoms. The summed E-state index contributed by atoms with van der Waals surface area (Å²) in [6.07, 6.45) is 3.16. The molecule has 3 aliphatic rings. The number of piperidine rings is 2. The van der Waals surface area contributed by atoms with Crippen LogP contribution in [-0.2, 0) is 19.1 Å². The van der Waals surface area contributed by atoms with Crippen LogP contribution in [0.3, 0.4) is 0 Å². The number of esters is 1. The number of nitrogens with zero attached hydrogens (tertiary/aromatic N) is 2. The standard InChI is InChI=1S/C24H33N3O5.C2H6/c1-24(2,3)32-21(29)15-16-9-11-26(12-10-16)17-5-4-6-18-22(17)31-14-13-27(18)19-7-8-20(28)25-23(19)30;1-2/h4-6,16,19H,7-15H2,1-3H3,(H,25,28,30);1-2H3. The SMILES string of the molecule is CC.CC(C)(C)OC(=O)CC1CCN(c2cccc3c2OCCN3C2CCC(=O)NC2=O)CC1.